The summed E-state index contributed by atoms with van der Waals surface area (Å²) in [6, 6.07) is 29.4. The molecule has 0 saturated heterocycles. The number of carbonyl (C=O) groups is 2. The minimum absolute atomic E-state index is 0.0109. The number of hydrogen-bond acceptors (Lipinski definition) is 4. The Morgan fingerprint density at radius 2 is 1.43 bits per heavy atom. The predicted octanol–water partition coefficient (Wildman–Crippen LogP) is 6.28. The lowest BCUT2D eigenvalue weighted by atomic mass is 10.0. The van der Waals surface area contributed by atoms with Crippen LogP contribution in [-0.4, -0.2) is 43.8 Å². The summed E-state index contributed by atoms with van der Waals surface area (Å²) in [5, 5.41) is 3.13. The van der Waals surface area contributed by atoms with Crippen molar-refractivity contribution in [3.8, 4) is 0 Å². The fourth-order valence-corrected chi connectivity index (χ4v) is 7.31. The Morgan fingerprint density at radius 3 is 2.07 bits per heavy atom. The highest BCUT2D eigenvalue weighted by Gasteiger charge is 2.35. The molecular weight excluding hydrogens is 601 g/mol. The molecule has 0 aliphatic heterocycles. The van der Waals surface area contributed by atoms with E-state index in [1.165, 1.54) is 23.1 Å². The van der Waals surface area contributed by atoms with Gasteiger partial charge >= 0.3 is 0 Å². The van der Waals surface area contributed by atoms with E-state index in [2.05, 4.69) is 5.32 Å². The number of aryl methyl sites for hydroxylation is 1. The Bertz CT molecular complexity index is 1710. The molecule has 5 rings (SSSR count). The second-order valence-electron chi connectivity index (χ2n) is 11.7. The Hall–Kier alpha value is -4.50. The normalized spacial score (nSPS) is 14.0. The van der Waals surface area contributed by atoms with Gasteiger partial charge in [0.25, 0.3) is 10.0 Å². The van der Waals surface area contributed by atoms with Crippen molar-refractivity contribution >= 4 is 27.5 Å². The fourth-order valence-electron chi connectivity index (χ4n) is 5.88. The molecule has 1 aliphatic rings. The molecule has 46 heavy (non-hydrogen) atoms. The number of sulfonamides is 1. The van der Waals surface area contributed by atoms with Gasteiger partial charge in [0.15, 0.2) is 0 Å². The third-order valence-corrected chi connectivity index (χ3v) is 10.3. The summed E-state index contributed by atoms with van der Waals surface area (Å²) in [4.78, 5) is 29.9. The van der Waals surface area contributed by atoms with Crippen molar-refractivity contribution in [1.29, 1.82) is 0 Å². The monoisotopic (exact) mass is 641 g/mol. The molecule has 4 aromatic carbocycles. The van der Waals surface area contributed by atoms with Gasteiger partial charge in [0.1, 0.15) is 18.4 Å². The standard InChI is InChI=1S/C37H40FN3O4S/c1-2-28-21-23-32(24-22-28)41(46(44,45)33-18-7-4-8-19-33)27-36(42)40(26-30-15-9-12-20-34(30)38)35(25-29-13-5-3-6-14-29)37(43)39-31-16-10-11-17-31/h3-9,12-15,18-24,31,35H,2,10-11,16-17,25-27H2,1H3,(H,39,43)/t35-/m1/s1. The van der Waals surface area contributed by atoms with Crippen LogP contribution < -0.4 is 9.62 Å². The van der Waals surface area contributed by atoms with E-state index in [0.29, 0.717) is 5.69 Å². The largest absolute Gasteiger partial charge is 0.352 e. The van der Waals surface area contributed by atoms with E-state index < -0.39 is 34.3 Å². The van der Waals surface area contributed by atoms with Crippen LogP contribution in [0.2, 0.25) is 0 Å². The average Bonchev–Trinajstić information content (AvgIpc) is 3.60. The maximum Gasteiger partial charge on any atom is 0.264 e. The molecule has 9 heteroatoms. The lowest BCUT2D eigenvalue weighted by Crippen LogP contribution is -2.54. The van der Waals surface area contributed by atoms with Gasteiger partial charge in [-0.3, -0.25) is 13.9 Å². The molecule has 0 radical (unpaired) electrons. The van der Waals surface area contributed by atoms with E-state index in [-0.39, 0.29) is 35.4 Å². The van der Waals surface area contributed by atoms with Gasteiger partial charge in [0.2, 0.25) is 11.8 Å². The average molecular weight is 642 g/mol. The lowest BCUT2D eigenvalue weighted by Gasteiger charge is -2.34. The van der Waals surface area contributed by atoms with Gasteiger partial charge in [-0.25, -0.2) is 12.8 Å². The van der Waals surface area contributed by atoms with Crippen molar-refractivity contribution < 1.29 is 22.4 Å². The van der Waals surface area contributed by atoms with Crippen LogP contribution >= 0.6 is 0 Å². The molecule has 0 spiro atoms. The van der Waals surface area contributed by atoms with Gasteiger partial charge in [0, 0.05) is 24.6 Å². The van der Waals surface area contributed by atoms with Gasteiger partial charge in [-0.2, -0.15) is 0 Å². The number of hydrogen-bond donors (Lipinski definition) is 1. The summed E-state index contributed by atoms with van der Waals surface area (Å²) in [6.07, 6.45) is 4.66. The van der Waals surface area contributed by atoms with E-state index in [1.54, 1.807) is 48.5 Å². The van der Waals surface area contributed by atoms with Crippen LogP contribution in [0.15, 0.2) is 114 Å². The summed E-state index contributed by atoms with van der Waals surface area (Å²) < 4.78 is 44.4. The van der Waals surface area contributed by atoms with Crippen LogP contribution in [0.4, 0.5) is 10.1 Å². The fraction of sp³-hybridized carbons (Fsp3) is 0.297. The minimum atomic E-state index is -4.20. The molecule has 1 aliphatic carbocycles. The lowest BCUT2D eigenvalue weighted by molar-refractivity contribution is -0.140. The predicted molar refractivity (Wildman–Crippen MR) is 178 cm³/mol. The zero-order chi connectivity index (χ0) is 32.5. The maximum atomic E-state index is 15.1. The highest BCUT2D eigenvalue weighted by molar-refractivity contribution is 7.92. The van der Waals surface area contributed by atoms with Crippen LogP contribution in [0, 0.1) is 5.82 Å². The quantitative estimate of drug-likeness (QED) is 0.186. The zero-order valence-corrected chi connectivity index (χ0v) is 26.8. The molecule has 1 fully saturated rings. The zero-order valence-electron chi connectivity index (χ0n) is 26.0. The number of halogens is 1. The molecule has 1 saturated carbocycles. The number of nitrogens with zero attached hydrogens (tertiary/aromatic N) is 2. The summed E-state index contributed by atoms with van der Waals surface area (Å²) in [6.45, 7) is 1.20. The first-order valence-electron chi connectivity index (χ1n) is 15.8. The van der Waals surface area contributed by atoms with E-state index in [0.717, 1.165) is 47.5 Å². The van der Waals surface area contributed by atoms with E-state index in [1.807, 2.05) is 49.4 Å². The number of benzene rings is 4. The summed E-state index contributed by atoms with van der Waals surface area (Å²) in [5.74, 6) is -1.48. The summed E-state index contributed by atoms with van der Waals surface area (Å²) in [5.41, 5.74) is 2.38. The van der Waals surface area contributed by atoms with Crippen molar-refractivity contribution in [3.63, 3.8) is 0 Å². The molecule has 0 aromatic heterocycles. The highest BCUT2D eigenvalue weighted by Crippen LogP contribution is 2.26. The topological polar surface area (TPSA) is 86.8 Å². The van der Waals surface area contributed by atoms with E-state index in [9.17, 15) is 18.0 Å². The molecule has 1 N–H and O–H groups in total. The third-order valence-electron chi connectivity index (χ3n) is 8.51. The highest BCUT2D eigenvalue weighted by atomic mass is 32.2. The Labute approximate surface area is 271 Å². The summed E-state index contributed by atoms with van der Waals surface area (Å²) >= 11 is 0. The molecule has 0 bridgehead atoms. The molecule has 2 amide bonds. The Kier molecular flexibility index (Phi) is 10.9. The van der Waals surface area contributed by atoms with Crippen LogP contribution in [-0.2, 0) is 39.0 Å². The van der Waals surface area contributed by atoms with Crippen molar-refractivity contribution in [2.75, 3.05) is 10.8 Å². The van der Waals surface area contributed by atoms with Crippen LogP contribution in [0.25, 0.3) is 0 Å². The summed E-state index contributed by atoms with van der Waals surface area (Å²) in [7, 11) is -4.20. The molecule has 240 valence electrons. The van der Waals surface area contributed by atoms with Crippen molar-refractivity contribution in [2.45, 2.75) is 69.0 Å². The minimum Gasteiger partial charge on any atom is -0.352 e. The van der Waals surface area contributed by atoms with Gasteiger partial charge in [0.05, 0.1) is 10.6 Å². The molecule has 0 heterocycles. The second-order valence-corrected chi connectivity index (χ2v) is 13.5. The SMILES string of the molecule is CCc1ccc(N(CC(=O)N(Cc2ccccc2F)[C@H](Cc2ccccc2)C(=O)NC2CCCC2)S(=O)(=O)c2ccccc2)cc1. The van der Waals surface area contributed by atoms with Crippen molar-refractivity contribution in [3.05, 3.63) is 132 Å². The van der Waals surface area contributed by atoms with Gasteiger partial charge < -0.3 is 10.2 Å². The van der Waals surface area contributed by atoms with Gasteiger partial charge in [-0.1, -0.05) is 98.6 Å². The number of nitrogens with one attached hydrogen (secondary N) is 1. The molecule has 1 atom stereocenters. The molecule has 4 aromatic rings. The molecule has 0 unspecified atom stereocenters. The number of amides is 2. The molecule has 7 nitrogen and oxygen atoms in total. The van der Waals surface area contributed by atoms with Gasteiger partial charge in [-0.05, 0) is 60.7 Å². The molecular formula is C37H40FN3O4S. The van der Waals surface area contributed by atoms with E-state index in [4.69, 9.17) is 0 Å². The van der Waals surface area contributed by atoms with Crippen molar-refractivity contribution in [2.24, 2.45) is 0 Å². The van der Waals surface area contributed by atoms with Gasteiger partial charge in [-0.15, -0.1) is 0 Å². The number of rotatable bonds is 13. The first-order chi connectivity index (χ1) is 22.3. The number of carbonyl (C=O) groups excluding carboxylic acids is 2. The second kappa shape index (κ2) is 15.2. The van der Waals surface area contributed by atoms with Crippen molar-refractivity contribution in [1.82, 2.24) is 10.2 Å². The third kappa shape index (κ3) is 8.01. The smallest absolute Gasteiger partial charge is 0.264 e. The van der Waals surface area contributed by atoms with Crippen LogP contribution in [0.5, 0.6) is 0 Å². The number of anilines is 1. The van der Waals surface area contributed by atoms with Crippen LogP contribution in [0.3, 0.4) is 0 Å². The van der Waals surface area contributed by atoms with E-state index >= 15 is 4.39 Å². The maximum absolute atomic E-state index is 15.1. The first-order valence-corrected chi connectivity index (χ1v) is 17.2. The first kappa shape index (κ1) is 32.9. The Morgan fingerprint density at radius 1 is 0.826 bits per heavy atom. The van der Waals surface area contributed by atoms with Crippen LogP contribution in [0.1, 0.15) is 49.3 Å². The Balaban J connectivity index is 1.56.